The summed E-state index contributed by atoms with van der Waals surface area (Å²) in [6.07, 6.45) is 5.38. The average molecular weight is 401 g/mol. The van der Waals surface area contributed by atoms with Crippen LogP contribution in [0.5, 0.6) is 17.4 Å². The number of hydrogen-bond acceptors (Lipinski definition) is 6. The summed E-state index contributed by atoms with van der Waals surface area (Å²) in [4.78, 5) is 16.2. The number of carbonyl (C=O) groups excluding carboxylic acids is 1. The van der Waals surface area contributed by atoms with Crippen LogP contribution in [0.15, 0.2) is 79.4 Å². The Kier molecular flexibility index (Phi) is 5.66. The molecular formula is C22H19N5O3. The predicted molar refractivity (Wildman–Crippen MR) is 111 cm³/mol. The number of aromatic nitrogens is 4. The summed E-state index contributed by atoms with van der Waals surface area (Å²) in [6, 6.07) is 18.0. The predicted octanol–water partition coefficient (Wildman–Crippen LogP) is 3.64. The van der Waals surface area contributed by atoms with Gasteiger partial charge in [-0.3, -0.25) is 9.36 Å². The lowest BCUT2D eigenvalue weighted by Gasteiger charge is -2.08. The third-order valence-corrected chi connectivity index (χ3v) is 4.28. The van der Waals surface area contributed by atoms with Crippen molar-refractivity contribution in [3.8, 4) is 23.2 Å². The quantitative estimate of drug-likeness (QED) is 0.508. The molecule has 0 radical (unpaired) electrons. The Labute approximate surface area is 173 Å². The van der Waals surface area contributed by atoms with E-state index in [0.29, 0.717) is 23.1 Å². The molecule has 0 atom stereocenters. The van der Waals surface area contributed by atoms with Crippen LogP contribution < -0.4 is 14.8 Å². The van der Waals surface area contributed by atoms with Crippen LogP contribution >= 0.6 is 0 Å². The van der Waals surface area contributed by atoms with Crippen molar-refractivity contribution in [1.29, 1.82) is 0 Å². The summed E-state index contributed by atoms with van der Waals surface area (Å²) in [5.74, 6) is 2.27. The van der Waals surface area contributed by atoms with Crippen LogP contribution in [0.3, 0.4) is 0 Å². The first-order valence-corrected chi connectivity index (χ1v) is 9.22. The van der Waals surface area contributed by atoms with Gasteiger partial charge in [-0.2, -0.15) is 0 Å². The summed E-state index contributed by atoms with van der Waals surface area (Å²) < 4.78 is 12.6. The van der Waals surface area contributed by atoms with Gasteiger partial charge in [-0.15, -0.1) is 10.2 Å². The lowest BCUT2D eigenvalue weighted by atomic mass is 10.1. The number of amides is 1. The zero-order chi connectivity index (χ0) is 20.8. The summed E-state index contributed by atoms with van der Waals surface area (Å²) in [6.45, 7) is 0. The Morgan fingerprint density at radius 1 is 0.967 bits per heavy atom. The van der Waals surface area contributed by atoms with Crippen LogP contribution in [0.1, 0.15) is 5.56 Å². The SMILES string of the molecule is COc1ccc(CC(=O)Nc2ccc(Oc3ccc(-n4ccnc4)nn3)cc2)cc1. The normalized spacial score (nSPS) is 10.4. The van der Waals surface area contributed by atoms with Gasteiger partial charge in [-0.05, 0) is 48.0 Å². The lowest BCUT2D eigenvalue weighted by molar-refractivity contribution is -0.115. The van der Waals surface area contributed by atoms with Crippen molar-refractivity contribution in [2.24, 2.45) is 0 Å². The number of hydrogen-bond donors (Lipinski definition) is 1. The summed E-state index contributed by atoms with van der Waals surface area (Å²) in [5, 5.41) is 11.0. The maximum Gasteiger partial charge on any atom is 0.238 e. The molecule has 4 rings (SSSR count). The molecule has 2 aromatic carbocycles. The summed E-state index contributed by atoms with van der Waals surface area (Å²) in [7, 11) is 1.61. The molecular weight excluding hydrogens is 382 g/mol. The number of rotatable bonds is 7. The van der Waals surface area contributed by atoms with Gasteiger partial charge in [0.15, 0.2) is 5.82 Å². The second-order valence-corrected chi connectivity index (χ2v) is 6.40. The molecule has 30 heavy (non-hydrogen) atoms. The van der Waals surface area contributed by atoms with Crippen LogP contribution in [0.25, 0.3) is 5.82 Å². The first-order valence-electron chi connectivity index (χ1n) is 9.22. The van der Waals surface area contributed by atoms with Gasteiger partial charge in [-0.25, -0.2) is 4.98 Å². The highest BCUT2D eigenvalue weighted by molar-refractivity contribution is 5.92. The standard InChI is InChI=1S/C22H19N5O3/c1-29-18-6-2-16(3-7-18)14-21(28)24-17-4-8-19(9-5-17)30-22-11-10-20(25-26-22)27-13-12-23-15-27/h2-13,15H,14H2,1H3,(H,24,28). The molecule has 0 spiro atoms. The summed E-state index contributed by atoms with van der Waals surface area (Å²) >= 11 is 0. The first kappa shape index (κ1) is 19.1. The van der Waals surface area contributed by atoms with E-state index in [1.54, 1.807) is 66.8 Å². The molecule has 2 heterocycles. The first-order chi connectivity index (χ1) is 14.7. The van der Waals surface area contributed by atoms with Crippen molar-refractivity contribution < 1.29 is 14.3 Å². The maximum atomic E-state index is 12.2. The Bertz CT molecular complexity index is 1090. The molecule has 0 bridgehead atoms. The molecule has 0 aliphatic rings. The third kappa shape index (κ3) is 4.79. The molecule has 1 amide bonds. The number of benzene rings is 2. The molecule has 150 valence electrons. The second kappa shape index (κ2) is 8.87. The van der Waals surface area contributed by atoms with Gasteiger partial charge in [0.05, 0.1) is 13.5 Å². The van der Waals surface area contributed by atoms with E-state index in [1.807, 2.05) is 24.3 Å². The van der Waals surface area contributed by atoms with Gasteiger partial charge >= 0.3 is 0 Å². The fraction of sp³-hybridized carbons (Fsp3) is 0.0909. The Morgan fingerprint density at radius 3 is 2.37 bits per heavy atom. The highest BCUT2D eigenvalue weighted by Gasteiger charge is 2.06. The minimum atomic E-state index is -0.102. The highest BCUT2D eigenvalue weighted by atomic mass is 16.5. The Balaban J connectivity index is 1.32. The van der Waals surface area contributed by atoms with Crippen molar-refractivity contribution in [2.45, 2.75) is 6.42 Å². The zero-order valence-electron chi connectivity index (χ0n) is 16.2. The number of anilines is 1. The van der Waals surface area contributed by atoms with Crippen molar-refractivity contribution >= 4 is 11.6 Å². The van der Waals surface area contributed by atoms with Crippen LogP contribution in [-0.4, -0.2) is 32.8 Å². The Hall–Kier alpha value is -4.20. The number of imidazole rings is 1. The van der Waals surface area contributed by atoms with Crippen LogP contribution in [0.4, 0.5) is 5.69 Å². The Morgan fingerprint density at radius 2 is 1.73 bits per heavy atom. The van der Waals surface area contributed by atoms with Gasteiger partial charge in [0.1, 0.15) is 17.8 Å². The van der Waals surface area contributed by atoms with Crippen molar-refractivity contribution in [1.82, 2.24) is 19.7 Å². The van der Waals surface area contributed by atoms with Crippen LogP contribution in [0, 0.1) is 0 Å². The van der Waals surface area contributed by atoms with E-state index in [2.05, 4.69) is 20.5 Å². The van der Waals surface area contributed by atoms with E-state index in [9.17, 15) is 4.79 Å². The monoisotopic (exact) mass is 401 g/mol. The second-order valence-electron chi connectivity index (χ2n) is 6.40. The number of carbonyl (C=O) groups is 1. The smallest absolute Gasteiger partial charge is 0.238 e. The minimum absolute atomic E-state index is 0.102. The maximum absolute atomic E-state index is 12.2. The van der Waals surface area contributed by atoms with E-state index < -0.39 is 0 Å². The van der Waals surface area contributed by atoms with Crippen LogP contribution in [-0.2, 0) is 11.2 Å². The van der Waals surface area contributed by atoms with Crippen molar-refractivity contribution in [2.75, 3.05) is 12.4 Å². The lowest BCUT2D eigenvalue weighted by Crippen LogP contribution is -2.14. The molecule has 0 aliphatic carbocycles. The van der Waals surface area contributed by atoms with Crippen LogP contribution in [0.2, 0.25) is 0 Å². The van der Waals surface area contributed by atoms with E-state index in [-0.39, 0.29) is 12.3 Å². The van der Waals surface area contributed by atoms with Crippen molar-refractivity contribution in [3.05, 3.63) is 84.9 Å². The van der Waals surface area contributed by atoms with Gasteiger partial charge < -0.3 is 14.8 Å². The molecule has 0 fully saturated rings. The third-order valence-electron chi connectivity index (χ3n) is 4.28. The molecule has 0 aliphatic heterocycles. The largest absolute Gasteiger partial charge is 0.497 e. The van der Waals surface area contributed by atoms with E-state index in [0.717, 1.165) is 11.3 Å². The molecule has 2 aromatic heterocycles. The molecule has 0 saturated heterocycles. The van der Waals surface area contributed by atoms with E-state index in [1.165, 1.54) is 0 Å². The summed E-state index contributed by atoms with van der Waals surface area (Å²) in [5.41, 5.74) is 1.59. The molecule has 8 nitrogen and oxygen atoms in total. The van der Waals surface area contributed by atoms with Gasteiger partial charge in [-0.1, -0.05) is 12.1 Å². The fourth-order valence-corrected chi connectivity index (χ4v) is 2.76. The zero-order valence-corrected chi connectivity index (χ0v) is 16.2. The van der Waals surface area contributed by atoms with Gasteiger partial charge in [0.2, 0.25) is 11.8 Å². The number of nitrogens with zero attached hydrogens (tertiary/aromatic N) is 4. The van der Waals surface area contributed by atoms with Gasteiger partial charge in [0.25, 0.3) is 0 Å². The molecule has 0 saturated carbocycles. The molecule has 8 heteroatoms. The fourth-order valence-electron chi connectivity index (χ4n) is 2.76. The van der Waals surface area contributed by atoms with E-state index in [4.69, 9.17) is 9.47 Å². The van der Waals surface area contributed by atoms with E-state index >= 15 is 0 Å². The number of ether oxygens (including phenoxy) is 2. The van der Waals surface area contributed by atoms with Crippen molar-refractivity contribution in [3.63, 3.8) is 0 Å². The number of methoxy groups -OCH3 is 1. The highest BCUT2D eigenvalue weighted by Crippen LogP contribution is 2.22. The molecule has 0 unspecified atom stereocenters. The molecule has 1 N–H and O–H groups in total. The minimum Gasteiger partial charge on any atom is -0.497 e. The van der Waals surface area contributed by atoms with Gasteiger partial charge in [0, 0.05) is 24.1 Å². The molecule has 4 aromatic rings. The average Bonchev–Trinajstić information content (AvgIpc) is 3.31. The number of nitrogens with one attached hydrogen (secondary N) is 1. The topological polar surface area (TPSA) is 91.2 Å².